The molecule has 7 heteroatoms. The van der Waals surface area contributed by atoms with Crippen LogP contribution >= 0.6 is 0 Å². The Hall–Kier alpha value is -2.54. The van der Waals surface area contributed by atoms with E-state index in [-0.39, 0.29) is 12.0 Å². The van der Waals surface area contributed by atoms with Crippen molar-refractivity contribution in [1.29, 1.82) is 0 Å². The molecule has 30 heavy (non-hydrogen) atoms. The molecular formula is C23H26F3N2O2+. The summed E-state index contributed by atoms with van der Waals surface area (Å²) in [5, 5.41) is 13.6. The van der Waals surface area contributed by atoms with Gasteiger partial charge in [0.15, 0.2) is 6.54 Å². The second-order valence-corrected chi connectivity index (χ2v) is 7.78. The molecule has 1 fully saturated rings. The first kappa shape index (κ1) is 20.7. The molecule has 160 valence electrons. The SMILES string of the molecule is CCOc1ccc(C2=[N+]3CCCCCN3C(O)(c3cccc(C(F)(F)F)c3)C2)cc1. The molecule has 0 bridgehead atoms. The fourth-order valence-electron chi connectivity index (χ4n) is 4.38. The number of hydrogen-bond acceptors (Lipinski definition) is 3. The van der Waals surface area contributed by atoms with Crippen LogP contribution in [0.25, 0.3) is 0 Å². The van der Waals surface area contributed by atoms with Crippen molar-refractivity contribution >= 4 is 5.71 Å². The van der Waals surface area contributed by atoms with Crippen molar-refractivity contribution in [2.75, 3.05) is 19.7 Å². The van der Waals surface area contributed by atoms with E-state index in [0.717, 1.165) is 55.0 Å². The van der Waals surface area contributed by atoms with Crippen molar-refractivity contribution in [3.63, 3.8) is 0 Å². The molecule has 0 amide bonds. The summed E-state index contributed by atoms with van der Waals surface area (Å²) in [4.78, 5) is 0. The average molecular weight is 419 g/mol. The molecule has 1 saturated heterocycles. The lowest BCUT2D eigenvalue weighted by atomic mass is 9.93. The Kier molecular flexibility index (Phi) is 5.49. The Labute approximate surface area is 174 Å². The van der Waals surface area contributed by atoms with Gasteiger partial charge in [0.1, 0.15) is 5.75 Å². The maximum absolute atomic E-state index is 13.3. The first-order chi connectivity index (χ1) is 14.3. The molecule has 2 aliphatic heterocycles. The third-order valence-electron chi connectivity index (χ3n) is 5.83. The number of rotatable bonds is 4. The highest BCUT2D eigenvalue weighted by molar-refractivity contribution is 5.98. The summed E-state index contributed by atoms with van der Waals surface area (Å²) in [6, 6.07) is 12.7. The normalized spacial score (nSPS) is 22.1. The van der Waals surface area contributed by atoms with E-state index in [4.69, 9.17) is 4.74 Å². The second kappa shape index (κ2) is 7.95. The van der Waals surface area contributed by atoms with Crippen LogP contribution in [0, 0.1) is 0 Å². The summed E-state index contributed by atoms with van der Waals surface area (Å²) in [6.07, 6.45) is -1.36. The number of hydrogen-bond donors (Lipinski definition) is 1. The minimum atomic E-state index is -4.45. The summed E-state index contributed by atoms with van der Waals surface area (Å²) in [7, 11) is 0. The summed E-state index contributed by atoms with van der Waals surface area (Å²) < 4.78 is 47.5. The molecule has 1 N–H and O–H groups in total. The number of nitrogens with zero attached hydrogens (tertiary/aromatic N) is 2. The number of fused-ring (bicyclic) bond motifs is 1. The van der Waals surface area contributed by atoms with Gasteiger partial charge in [-0.1, -0.05) is 12.1 Å². The van der Waals surface area contributed by atoms with Gasteiger partial charge in [0.2, 0.25) is 11.4 Å². The van der Waals surface area contributed by atoms with Gasteiger partial charge in [0, 0.05) is 17.5 Å². The molecule has 1 unspecified atom stereocenters. The van der Waals surface area contributed by atoms with Gasteiger partial charge in [-0.2, -0.15) is 13.2 Å². The smallest absolute Gasteiger partial charge is 0.416 e. The second-order valence-electron chi connectivity index (χ2n) is 7.78. The van der Waals surface area contributed by atoms with Gasteiger partial charge in [0.25, 0.3) is 0 Å². The van der Waals surface area contributed by atoms with Gasteiger partial charge >= 0.3 is 6.18 Å². The molecule has 4 nitrogen and oxygen atoms in total. The molecule has 0 radical (unpaired) electrons. The number of ether oxygens (including phenoxy) is 1. The van der Waals surface area contributed by atoms with Crippen molar-refractivity contribution < 1.29 is 27.7 Å². The van der Waals surface area contributed by atoms with Crippen LogP contribution < -0.4 is 4.74 Å². The molecule has 0 spiro atoms. The number of aliphatic hydroxyl groups is 1. The van der Waals surface area contributed by atoms with Crippen LogP contribution in [0.2, 0.25) is 0 Å². The van der Waals surface area contributed by atoms with Crippen LogP contribution in [0.1, 0.15) is 49.3 Å². The molecule has 1 atom stereocenters. The lowest BCUT2D eigenvalue weighted by molar-refractivity contribution is -0.706. The minimum Gasteiger partial charge on any atom is -0.494 e. The maximum Gasteiger partial charge on any atom is 0.416 e. The number of halogens is 3. The van der Waals surface area contributed by atoms with E-state index in [1.165, 1.54) is 6.07 Å². The third kappa shape index (κ3) is 3.78. The van der Waals surface area contributed by atoms with E-state index >= 15 is 0 Å². The summed E-state index contributed by atoms with van der Waals surface area (Å²) in [5.74, 6) is 0.765. The highest BCUT2D eigenvalue weighted by atomic mass is 19.4. The van der Waals surface area contributed by atoms with Crippen molar-refractivity contribution in [1.82, 2.24) is 5.01 Å². The largest absolute Gasteiger partial charge is 0.494 e. The molecule has 0 aliphatic carbocycles. The number of alkyl halides is 3. The highest BCUT2D eigenvalue weighted by Gasteiger charge is 2.53. The minimum absolute atomic E-state index is 0.224. The van der Waals surface area contributed by atoms with Crippen molar-refractivity contribution in [2.45, 2.75) is 44.5 Å². The molecule has 2 aromatic rings. The van der Waals surface area contributed by atoms with Gasteiger partial charge in [0.05, 0.1) is 25.1 Å². The Morgan fingerprint density at radius 2 is 1.87 bits per heavy atom. The van der Waals surface area contributed by atoms with Gasteiger partial charge in [-0.25, -0.2) is 0 Å². The van der Waals surface area contributed by atoms with E-state index in [1.807, 2.05) is 36.2 Å². The molecule has 2 heterocycles. The van der Waals surface area contributed by atoms with E-state index in [9.17, 15) is 18.3 Å². The fourth-order valence-corrected chi connectivity index (χ4v) is 4.38. The van der Waals surface area contributed by atoms with Crippen LogP contribution in [0.3, 0.4) is 0 Å². The van der Waals surface area contributed by atoms with Crippen LogP contribution in [-0.4, -0.2) is 40.2 Å². The number of hydrazine groups is 1. The first-order valence-electron chi connectivity index (χ1n) is 10.4. The van der Waals surface area contributed by atoms with Crippen LogP contribution in [0.4, 0.5) is 13.2 Å². The van der Waals surface area contributed by atoms with Crippen LogP contribution in [0.5, 0.6) is 5.75 Å². The molecule has 0 aromatic heterocycles. The summed E-state index contributed by atoms with van der Waals surface area (Å²) in [6.45, 7) is 3.81. The quantitative estimate of drug-likeness (QED) is 0.739. The van der Waals surface area contributed by atoms with E-state index in [1.54, 1.807) is 6.07 Å². The van der Waals surface area contributed by atoms with Gasteiger partial charge in [-0.15, -0.1) is 9.69 Å². The predicted octanol–water partition coefficient (Wildman–Crippen LogP) is 4.56. The zero-order valence-electron chi connectivity index (χ0n) is 17.0. The average Bonchev–Trinajstić information content (AvgIpc) is 2.87. The highest BCUT2D eigenvalue weighted by Crippen LogP contribution is 2.40. The van der Waals surface area contributed by atoms with Gasteiger partial charge < -0.3 is 9.84 Å². The Balaban J connectivity index is 1.75. The van der Waals surface area contributed by atoms with Crippen molar-refractivity contribution in [3.05, 3.63) is 65.2 Å². The lowest BCUT2D eigenvalue weighted by Crippen LogP contribution is -2.46. The standard InChI is InChI=1S/C23H26F3N2O2/c1-2-30-20-11-9-17(10-12-20)21-16-22(29,28-14-5-3-4-13-27(21)28)18-7-6-8-19(15-18)23(24,25)26/h6-12,15,29H,2-5,13-14,16H2,1H3/q+1. The first-order valence-corrected chi connectivity index (χ1v) is 10.4. The molecule has 2 aliphatic rings. The van der Waals surface area contributed by atoms with E-state index in [0.29, 0.717) is 13.2 Å². The Bertz CT molecular complexity index is 940. The van der Waals surface area contributed by atoms with Gasteiger partial charge in [-0.3, -0.25) is 0 Å². The molecular weight excluding hydrogens is 393 g/mol. The number of benzene rings is 2. The molecule has 4 rings (SSSR count). The predicted molar refractivity (Wildman–Crippen MR) is 107 cm³/mol. The van der Waals surface area contributed by atoms with Crippen molar-refractivity contribution in [3.8, 4) is 5.75 Å². The van der Waals surface area contributed by atoms with Crippen LogP contribution in [-0.2, 0) is 11.9 Å². The molecule has 2 aromatic carbocycles. The summed E-state index contributed by atoms with van der Waals surface area (Å²) >= 11 is 0. The zero-order valence-corrected chi connectivity index (χ0v) is 17.0. The van der Waals surface area contributed by atoms with E-state index < -0.39 is 17.5 Å². The third-order valence-corrected chi connectivity index (χ3v) is 5.83. The topological polar surface area (TPSA) is 35.7 Å². The zero-order chi connectivity index (χ0) is 21.4. The monoisotopic (exact) mass is 419 g/mol. The van der Waals surface area contributed by atoms with E-state index in [2.05, 4.69) is 4.68 Å². The van der Waals surface area contributed by atoms with Crippen molar-refractivity contribution in [2.24, 2.45) is 0 Å². The number of hydrazone groups is 1. The maximum atomic E-state index is 13.3. The summed E-state index contributed by atoms with van der Waals surface area (Å²) in [5.41, 5.74) is -0.137. The van der Waals surface area contributed by atoms with Crippen LogP contribution in [0.15, 0.2) is 48.5 Å². The lowest BCUT2D eigenvalue weighted by Gasteiger charge is -2.31. The Morgan fingerprint density at radius 1 is 1.10 bits per heavy atom. The van der Waals surface area contributed by atoms with Gasteiger partial charge in [-0.05, 0) is 56.2 Å². The molecule has 0 saturated carbocycles. The Morgan fingerprint density at radius 3 is 2.57 bits per heavy atom. The fraction of sp³-hybridized carbons (Fsp3) is 0.435.